The standard InChI is InChI=1S/C13H11ClFN3O3S/c14-8-4-5-12(11(15)6-8)22(20,21)18-10-3-1-2-9(7-10)17-13(16)19/h1-7,18H,(H3,16,17,19). The second-order valence-electron chi connectivity index (χ2n) is 4.25. The van der Waals surface area contributed by atoms with Gasteiger partial charge < -0.3 is 11.1 Å². The van der Waals surface area contributed by atoms with Crippen molar-refractivity contribution in [3.05, 3.63) is 53.3 Å². The van der Waals surface area contributed by atoms with Gasteiger partial charge in [0, 0.05) is 10.7 Å². The summed E-state index contributed by atoms with van der Waals surface area (Å²) in [6.07, 6.45) is 0. The van der Waals surface area contributed by atoms with Crippen LogP contribution < -0.4 is 15.8 Å². The van der Waals surface area contributed by atoms with Gasteiger partial charge >= 0.3 is 6.03 Å². The second kappa shape index (κ2) is 6.20. The molecule has 6 nitrogen and oxygen atoms in total. The molecule has 2 aromatic rings. The highest BCUT2D eigenvalue weighted by Gasteiger charge is 2.19. The third-order valence-electron chi connectivity index (χ3n) is 2.57. The highest BCUT2D eigenvalue weighted by molar-refractivity contribution is 7.92. The molecule has 0 aliphatic rings. The Bertz CT molecular complexity index is 827. The van der Waals surface area contributed by atoms with Gasteiger partial charge in [-0.1, -0.05) is 17.7 Å². The van der Waals surface area contributed by atoms with E-state index in [1.807, 2.05) is 0 Å². The first kappa shape index (κ1) is 16.1. The zero-order valence-electron chi connectivity index (χ0n) is 11.0. The van der Waals surface area contributed by atoms with Crippen LogP contribution >= 0.6 is 11.6 Å². The van der Waals surface area contributed by atoms with E-state index >= 15 is 0 Å². The number of benzene rings is 2. The molecular weight excluding hydrogens is 333 g/mol. The number of hydrogen-bond donors (Lipinski definition) is 3. The van der Waals surface area contributed by atoms with Gasteiger partial charge in [-0.05, 0) is 36.4 Å². The Morgan fingerprint density at radius 1 is 1.14 bits per heavy atom. The van der Waals surface area contributed by atoms with Crippen LogP contribution in [0.1, 0.15) is 0 Å². The number of urea groups is 1. The molecule has 9 heteroatoms. The van der Waals surface area contributed by atoms with Crippen LogP contribution in [0.2, 0.25) is 5.02 Å². The molecular formula is C13H11ClFN3O3S. The number of nitrogens with one attached hydrogen (secondary N) is 2. The molecule has 22 heavy (non-hydrogen) atoms. The van der Waals surface area contributed by atoms with Crippen molar-refractivity contribution in [1.29, 1.82) is 0 Å². The quantitative estimate of drug-likeness (QED) is 0.795. The summed E-state index contributed by atoms with van der Waals surface area (Å²) in [7, 11) is -4.13. The molecule has 0 saturated heterocycles. The molecule has 0 aliphatic heterocycles. The van der Waals surface area contributed by atoms with Crippen molar-refractivity contribution in [2.24, 2.45) is 5.73 Å². The first-order valence-corrected chi connectivity index (χ1v) is 7.78. The largest absolute Gasteiger partial charge is 0.351 e. The molecule has 0 aromatic heterocycles. The van der Waals surface area contributed by atoms with Crippen LogP contribution in [0, 0.1) is 5.82 Å². The Hall–Kier alpha value is -2.32. The number of sulfonamides is 1. The summed E-state index contributed by atoms with van der Waals surface area (Å²) in [6.45, 7) is 0. The highest BCUT2D eigenvalue weighted by Crippen LogP contribution is 2.23. The van der Waals surface area contributed by atoms with E-state index in [1.54, 1.807) is 0 Å². The minimum atomic E-state index is -4.13. The molecule has 116 valence electrons. The maximum Gasteiger partial charge on any atom is 0.316 e. The molecule has 0 heterocycles. The zero-order chi connectivity index (χ0) is 16.3. The molecule has 0 fully saturated rings. The first-order valence-electron chi connectivity index (χ1n) is 5.92. The molecule has 4 N–H and O–H groups in total. The Balaban J connectivity index is 2.30. The molecule has 0 spiro atoms. The number of halogens is 2. The number of carbonyl (C=O) groups excluding carboxylic acids is 1. The third-order valence-corrected chi connectivity index (χ3v) is 4.22. The molecule has 0 atom stereocenters. The fourth-order valence-corrected chi connectivity index (χ4v) is 2.97. The van der Waals surface area contributed by atoms with Crippen LogP contribution in [0.4, 0.5) is 20.6 Å². The summed E-state index contributed by atoms with van der Waals surface area (Å²) < 4.78 is 40.3. The average molecular weight is 344 g/mol. The monoisotopic (exact) mass is 343 g/mol. The van der Waals surface area contributed by atoms with Gasteiger partial charge in [0.15, 0.2) is 0 Å². The van der Waals surface area contributed by atoms with Gasteiger partial charge in [-0.15, -0.1) is 0 Å². The van der Waals surface area contributed by atoms with E-state index in [9.17, 15) is 17.6 Å². The van der Waals surface area contributed by atoms with E-state index in [0.29, 0.717) is 5.69 Å². The summed E-state index contributed by atoms with van der Waals surface area (Å²) >= 11 is 5.59. The number of carbonyl (C=O) groups is 1. The maximum atomic E-state index is 13.7. The third kappa shape index (κ3) is 3.86. The van der Waals surface area contributed by atoms with E-state index in [0.717, 1.165) is 12.1 Å². The SMILES string of the molecule is NC(=O)Nc1cccc(NS(=O)(=O)c2ccc(Cl)cc2F)c1. The lowest BCUT2D eigenvalue weighted by Crippen LogP contribution is -2.19. The Morgan fingerprint density at radius 2 is 1.82 bits per heavy atom. The maximum absolute atomic E-state index is 13.7. The minimum Gasteiger partial charge on any atom is -0.351 e. The molecule has 0 bridgehead atoms. The molecule has 0 unspecified atom stereocenters. The Labute approximate surface area is 131 Å². The molecule has 2 aromatic carbocycles. The van der Waals surface area contributed by atoms with Crippen molar-refractivity contribution in [3.8, 4) is 0 Å². The number of primary amides is 1. The lowest BCUT2D eigenvalue weighted by molar-refractivity contribution is 0.259. The summed E-state index contributed by atoms with van der Waals surface area (Å²) in [6, 6.07) is 8.25. The van der Waals surface area contributed by atoms with Crippen LogP contribution in [0.15, 0.2) is 47.4 Å². The van der Waals surface area contributed by atoms with Crippen molar-refractivity contribution in [3.63, 3.8) is 0 Å². The van der Waals surface area contributed by atoms with Crippen LogP contribution in [0.25, 0.3) is 0 Å². The fourth-order valence-electron chi connectivity index (χ4n) is 1.71. The summed E-state index contributed by atoms with van der Waals surface area (Å²) in [5.41, 5.74) is 5.41. The van der Waals surface area contributed by atoms with Crippen molar-refractivity contribution >= 4 is 39.0 Å². The smallest absolute Gasteiger partial charge is 0.316 e. The fraction of sp³-hybridized carbons (Fsp3) is 0. The van der Waals surface area contributed by atoms with Crippen molar-refractivity contribution in [1.82, 2.24) is 0 Å². The topological polar surface area (TPSA) is 101 Å². The van der Waals surface area contributed by atoms with Crippen molar-refractivity contribution in [2.75, 3.05) is 10.0 Å². The summed E-state index contributed by atoms with van der Waals surface area (Å²) in [5, 5.41) is 2.39. The Morgan fingerprint density at radius 3 is 2.45 bits per heavy atom. The number of nitrogens with two attached hydrogens (primary N) is 1. The van der Waals surface area contributed by atoms with Gasteiger partial charge in [-0.25, -0.2) is 17.6 Å². The zero-order valence-corrected chi connectivity index (χ0v) is 12.6. The molecule has 0 saturated carbocycles. The number of anilines is 2. The predicted octanol–water partition coefficient (Wildman–Crippen LogP) is 2.77. The normalized spacial score (nSPS) is 11.0. The number of amides is 2. The van der Waals surface area contributed by atoms with Crippen LogP contribution in [-0.4, -0.2) is 14.4 Å². The van der Waals surface area contributed by atoms with Gasteiger partial charge in [0.2, 0.25) is 0 Å². The number of hydrogen-bond acceptors (Lipinski definition) is 3. The summed E-state index contributed by atoms with van der Waals surface area (Å²) in [5.74, 6) is -0.966. The molecule has 0 radical (unpaired) electrons. The van der Waals surface area contributed by atoms with Crippen molar-refractivity contribution in [2.45, 2.75) is 4.90 Å². The van der Waals surface area contributed by atoms with E-state index in [1.165, 1.54) is 30.3 Å². The van der Waals surface area contributed by atoms with E-state index in [2.05, 4.69) is 10.0 Å². The van der Waals surface area contributed by atoms with Gasteiger partial charge in [0.1, 0.15) is 10.7 Å². The van der Waals surface area contributed by atoms with Gasteiger partial charge in [-0.3, -0.25) is 4.72 Å². The first-order chi connectivity index (χ1) is 10.3. The van der Waals surface area contributed by atoms with Gasteiger partial charge in [0.25, 0.3) is 10.0 Å². The average Bonchev–Trinajstić information content (AvgIpc) is 2.36. The van der Waals surface area contributed by atoms with Crippen LogP contribution in [0.5, 0.6) is 0 Å². The van der Waals surface area contributed by atoms with E-state index in [-0.39, 0.29) is 10.7 Å². The summed E-state index contributed by atoms with van der Waals surface area (Å²) in [4.78, 5) is 10.2. The molecule has 2 rings (SSSR count). The lowest BCUT2D eigenvalue weighted by Gasteiger charge is -2.10. The van der Waals surface area contributed by atoms with E-state index < -0.39 is 26.8 Å². The van der Waals surface area contributed by atoms with Gasteiger partial charge in [0.05, 0.1) is 5.69 Å². The molecule has 2 amide bonds. The number of rotatable bonds is 4. The Kier molecular flexibility index (Phi) is 4.53. The second-order valence-corrected chi connectivity index (χ2v) is 6.34. The van der Waals surface area contributed by atoms with Crippen LogP contribution in [0.3, 0.4) is 0 Å². The predicted molar refractivity (Wildman–Crippen MR) is 81.9 cm³/mol. The lowest BCUT2D eigenvalue weighted by atomic mass is 10.3. The minimum absolute atomic E-state index is 0.0871. The molecule has 0 aliphatic carbocycles. The van der Waals surface area contributed by atoms with Crippen molar-refractivity contribution < 1.29 is 17.6 Å². The van der Waals surface area contributed by atoms with Gasteiger partial charge in [-0.2, -0.15) is 0 Å². The van der Waals surface area contributed by atoms with Crippen LogP contribution in [-0.2, 0) is 10.0 Å². The van der Waals surface area contributed by atoms with E-state index in [4.69, 9.17) is 17.3 Å². The highest BCUT2D eigenvalue weighted by atomic mass is 35.5.